The van der Waals surface area contributed by atoms with Gasteiger partial charge in [-0.2, -0.15) is 0 Å². The summed E-state index contributed by atoms with van der Waals surface area (Å²) in [5.41, 5.74) is 5.03. The first-order valence-electron chi connectivity index (χ1n) is 15.1. The van der Waals surface area contributed by atoms with E-state index in [4.69, 9.17) is 10.8 Å². The number of amides is 2. The third-order valence-corrected chi connectivity index (χ3v) is 6.91. The molecule has 3 unspecified atom stereocenters. The molecule has 5 N–H and O–H groups in total. The first-order chi connectivity index (χ1) is 19.1. The van der Waals surface area contributed by atoms with Crippen LogP contribution in [-0.4, -0.2) is 64.1 Å². The Balaban J connectivity index is -0.000000509. The Morgan fingerprint density at radius 2 is 1.43 bits per heavy atom. The Bertz CT molecular complexity index is 838. The smallest absolute Gasteiger partial charge is 0.317 e. The van der Waals surface area contributed by atoms with Gasteiger partial charge in [-0.1, -0.05) is 68.7 Å². The standard InChI is InChI=1S/C11H20O3.C10H17NO2.C7H10O3.C3H9N.H2O/c1-4-5-6-9(12)7-10(8(2)3)11(13)14;1-4-5-11-9(12)6-8(7(2)3)10(11)13;1-4(2)5-3-6(8)10-7(5)9;1-2-3-4;/h8,10H,4-7H2,1-3H3,(H,13,14);7-8H,4-6H2,1-3H3;4-5H,3H2,1-2H3;2-4H2,1H3;1H2. The van der Waals surface area contributed by atoms with Crippen LogP contribution in [0.2, 0.25) is 0 Å². The molecule has 3 atom stereocenters. The summed E-state index contributed by atoms with van der Waals surface area (Å²) in [5, 5.41) is 8.87. The molecule has 0 aliphatic carbocycles. The number of ketones is 1. The van der Waals surface area contributed by atoms with E-state index in [-0.39, 0.29) is 77.4 Å². The number of aliphatic carboxylic acids is 1. The molecule has 0 aromatic rings. The van der Waals surface area contributed by atoms with Crippen molar-refractivity contribution in [3.8, 4) is 0 Å². The van der Waals surface area contributed by atoms with Gasteiger partial charge in [-0.3, -0.25) is 33.7 Å². The van der Waals surface area contributed by atoms with E-state index < -0.39 is 11.9 Å². The van der Waals surface area contributed by atoms with Gasteiger partial charge in [0.2, 0.25) is 11.8 Å². The van der Waals surface area contributed by atoms with Crippen molar-refractivity contribution in [1.29, 1.82) is 0 Å². The average molecular weight is 603 g/mol. The van der Waals surface area contributed by atoms with Gasteiger partial charge in [-0.25, -0.2) is 0 Å². The number of cyclic esters (lactones) is 2. The minimum absolute atomic E-state index is 0. The summed E-state index contributed by atoms with van der Waals surface area (Å²) in [6.07, 6.45) is 5.17. The molecule has 0 aromatic carbocycles. The number of carboxylic acid groups (broad SMARTS) is 1. The number of likely N-dealkylation sites (tertiary alicyclic amines) is 1. The van der Waals surface area contributed by atoms with Crippen molar-refractivity contribution in [3.05, 3.63) is 0 Å². The SMILES string of the molecule is CC(C)C1CC(=O)OC1=O.CCCCC(=O)CC(C(=O)O)C(C)C.CCCN.CCCN1C(=O)CC(C(C)C)C1=O.O. The van der Waals surface area contributed by atoms with Crippen LogP contribution < -0.4 is 5.73 Å². The Kier molecular flexibility index (Phi) is 24.9. The number of ether oxygens (including phenoxy) is 1. The second-order valence-electron chi connectivity index (χ2n) is 11.6. The van der Waals surface area contributed by atoms with Crippen molar-refractivity contribution in [2.75, 3.05) is 13.1 Å². The van der Waals surface area contributed by atoms with Gasteiger partial charge < -0.3 is 21.1 Å². The first-order valence-corrected chi connectivity index (χ1v) is 15.1. The highest BCUT2D eigenvalue weighted by Crippen LogP contribution is 2.26. The van der Waals surface area contributed by atoms with Crippen molar-refractivity contribution < 1.29 is 44.1 Å². The van der Waals surface area contributed by atoms with Crippen molar-refractivity contribution in [3.63, 3.8) is 0 Å². The number of unbranched alkanes of at least 4 members (excludes halogenated alkanes) is 1. The summed E-state index contributed by atoms with van der Waals surface area (Å²) in [4.78, 5) is 67.9. The maximum Gasteiger partial charge on any atom is 0.317 e. The molecule has 11 nitrogen and oxygen atoms in total. The van der Waals surface area contributed by atoms with E-state index >= 15 is 0 Å². The second-order valence-corrected chi connectivity index (χ2v) is 11.6. The highest BCUT2D eigenvalue weighted by atomic mass is 16.6. The highest BCUT2D eigenvalue weighted by Gasteiger charge is 2.39. The number of nitrogens with two attached hydrogens (primary N) is 1. The van der Waals surface area contributed by atoms with Gasteiger partial charge in [-0.15, -0.1) is 0 Å². The monoisotopic (exact) mass is 602 g/mol. The van der Waals surface area contributed by atoms with Crippen LogP contribution in [0, 0.1) is 35.5 Å². The predicted molar refractivity (Wildman–Crippen MR) is 162 cm³/mol. The predicted octanol–water partition coefficient (Wildman–Crippen LogP) is 4.18. The van der Waals surface area contributed by atoms with Gasteiger partial charge in [0.25, 0.3) is 0 Å². The number of carbonyl (C=O) groups excluding carboxylic acids is 5. The maximum absolute atomic E-state index is 11.7. The quantitative estimate of drug-likeness (QED) is 0.187. The van der Waals surface area contributed by atoms with Crippen LogP contribution >= 0.6 is 0 Å². The van der Waals surface area contributed by atoms with E-state index in [9.17, 15) is 28.8 Å². The molecule has 11 heteroatoms. The molecule has 0 radical (unpaired) electrons. The topological polar surface area (TPSA) is 193 Å². The molecule has 0 spiro atoms. The number of carboxylic acids is 1. The third kappa shape index (κ3) is 17.3. The van der Waals surface area contributed by atoms with E-state index in [1.54, 1.807) is 0 Å². The third-order valence-electron chi connectivity index (χ3n) is 6.91. The number of hydrogen-bond donors (Lipinski definition) is 2. The summed E-state index contributed by atoms with van der Waals surface area (Å²) in [6, 6.07) is 0. The zero-order valence-electron chi connectivity index (χ0n) is 27.4. The normalized spacial score (nSPS) is 18.4. The van der Waals surface area contributed by atoms with E-state index in [2.05, 4.69) is 11.7 Å². The van der Waals surface area contributed by atoms with Crippen LogP contribution in [0.3, 0.4) is 0 Å². The van der Waals surface area contributed by atoms with Crippen molar-refractivity contribution in [2.24, 2.45) is 41.2 Å². The van der Waals surface area contributed by atoms with Gasteiger partial charge >= 0.3 is 17.9 Å². The molecule has 2 amide bonds. The molecular formula is C31H58N2O9. The molecule has 2 aliphatic rings. The van der Waals surface area contributed by atoms with Gasteiger partial charge in [0.15, 0.2) is 0 Å². The van der Waals surface area contributed by atoms with Crippen molar-refractivity contribution >= 4 is 35.5 Å². The number of nitrogens with zero attached hydrogens (tertiary/aromatic N) is 1. The molecule has 2 aliphatic heterocycles. The number of esters is 2. The zero-order chi connectivity index (χ0) is 32.3. The Morgan fingerprint density at radius 3 is 1.71 bits per heavy atom. The number of imide groups is 1. The van der Waals surface area contributed by atoms with Gasteiger partial charge in [0, 0.05) is 31.7 Å². The fraction of sp³-hybridized carbons (Fsp3) is 0.806. The number of Topliss-reactive ketones (excluding diaryl/α,β-unsaturated/α-hetero) is 1. The summed E-state index contributed by atoms with van der Waals surface area (Å²) in [6.45, 7) is 18.9. The number of rotatable bonds is 12. The molecule has 2 rings (SSSR count). The Labute approximate surface area is 252 Å². The average Bonchev–Trinajstić information content (AvgIpc) is 3.39. The van der Waals surface area contributed by atoms with Crippen LogP contribution in [0.25, 0.3) is 0 Å². The summed E-state index contributed by atoms with van der Waals surface area (Å²) < 4.78 is 4.36. The minimum Gasteiger partial charge on any atom is -0.481 e. The Hall–Kier alpha value is -2.66. The van der Waals surface area contributed by atoms with Gasteiger partial charge in [0.05, 0.1) is 18.3 Å². The second kappa shape index (κ2) is 23.9. The molecule has 0 saturated carbocycles. The van der Waals surface area contributed by atoms with Crippen LogP contribution in [0.4, 0.5) is 0 Å². The fourth-order valence-electron chi connectivity index (χ4n) is 4.02. The molecule has 246 valence electrons. The van der Waals surface area contributed by atoms with Gasteiger partial charge in [-0.05, 0) is 43.6 Å². The zero-order valence-corrected chi connectivity index (χ0v) is 27.4. The van der Waals surface area contributed by atoms with Crippen molar-refractivity contribution in [1.82, 2.24) is 4.90 Å². The van der Waals surface area contributed by atoms with Crippen molar-refractivity contribution in [2.45, 2.75) is 114 Å². The van der Waals surface area contributed by atoms with Crippen LogP contribution in [0.5, 0.6) is 0 Å². The lowest BCUT2D eigenvalue weighted by Gasteiger charge is -2.14. The summed E-state index contributed by atoms with van der Waals surface area (Å²) >= 11 is 0. The van der Waals surface area contributed by atoms with E-state index in [0.29, 0.717) is 19.4 Å². The Morgan fingerprint density at radius 1 is 0.905 bits per heavy atom. The first kappa shape index (κ1) is 43.8. The maximum atomic E-state index is 11.7. The highest BCUT2D eigenvalue weighted by molar-refractivity contribution is 6.03. The molecule has 2 heterocycles. The lowest BCUT2D eigenvalue weighted by Crippen LogP contribution is -2.32. The lowest BCUT2D eigenvalue weighted by molar-refractivity contribution is -0.153. The molecule has 2 fully saturated rings. The van der Waals surface area contributed by atoms with Crippen LogP contribution in [-0.2, 0) is 33.5 Å². The molecule has 0 bridgehead atoms. The minimum atomic E-state index is -0.857. The lowest BCUT2D eigenvalue weighted by atomic mass is 9.90. The van der Waals surface area contributed by atoms with Gasteiger partial charge in [0.1, 0.15) is 5.78 Å². The number of carbonyl (C=O) groups is 6. The molecular weight excluding hydrogens is 544 g/mol. The van der Waals surface area contributed by atoms with Crippen LogP contribution in [0.1, 0.15) is 114 Å². The molecule has 42 heavy (non-hydrogen) atoms. The van der Waals surface area contributed by atoms with Crippen LogP contribution in [0.15, 0.2) is 0 Å². The summed E-state index contributed by atoms with van der Waals surface area (Å²) in [7, 11) is 0. The largest absolute Gasteiger partial charge is 0.481 e. The van der Waals surface area contributed by atoms with E-state index in [1.165, 1.54) is 4.90 Å². The summed E-state index contributed by atoms with van der Waals surface area (Å²) in [5.74, 6) is -1.77. The molecule has 2 saturated heterocycles. The number of hydrogen-bond acceptors (Lipinski definition) is 8. The molecule has 0 aromatic heterocycles. The van der Waals surface area contributed by atoms with E-state index in [0.717, 1.165) is 32.2 Å². The van der Waals surface area contributed by atoms with E-state index in [1.807, 2.05) is 55.4 Å². The fourth-order valence-corrected chi connectivity index (χ4v) is 4.02.